The number of rotatable bonds is 6. The Morgan fingerprint density at radius 1 is 1.41 bits per heavy atom. The molecule has 0 fully saturated rings. The van der Waals surface area contributed by atoms with Crippen LogP contribution in [0.2, 0.25) is 5.02 Å². The molecule has 0 unspecified atom stereocenters. The van der Waals surface area contributed by atoms with E-state index in [0.717, 1.165) is 18.4 Å². The summed E-state index contributed by atoms with van der Waals surface area (Å²) in [6, 6.07) is 5.32. The van der Waals surface area contributed by atoms with Gasteiger partial charge in [-0.2, -0.15) is 0 Å². The van der Waals surface area contributed by atoms with Crippen LogP contribution in [0.15, 0.2) is 18.2 Å². The molecular weight excluding hydrogens is 240 g/mol. The third-order valence-corrected chi connectivity index (χ3v) is 2.49. The second-order valence-electron chi connectivity index (χ2n) is 3.77. The van der Waals surface area contributed by atoms with Crippen LogP contribution in [0.5, 0.6) is 5.75 Å². The highest BCUT2D eigenvalue weighted by Gasteiger charge is 2.06. The van der Waals surface area contributed by atoms with Gasteiger partial charge in [0, 0.05) is 5.02 Å². The molecule has 1 aromatic carbocycles. The van der Waals surface area contributed by atoms with Crippen molar-refractivity contribution in [1.29, 1.82) is 0 Å². The highest BCUT2D eigenvalue weighted by molar-refractivity contribution is 6.30. The maximum atomic E-state index is 11.3. The molecule has 4 heteroatoms. The van der Waals surface area contributed by atoms with E-state index in [-0.39, 0.29) is 12.6 Å². The second-order valence-corrected chi connectivity index (χ2v) is 4.21. The number of hydrogen-bond donors (Lipinski definition) is 0. The Balaban J connectivity index is 2.39. The molecular formula is C13H17ClO3. The minimum Gasteiger partial charge on any atom is -0.482 e. The highest BCUT2D eigenvalue weighted by Crippen LogP contribution is 2.22. The second kappa shape index (κ2) is 7.17. The fraction of sp³-hybridized carbons (Fsp3) is 0.462. The van der Waals surface area contributed by atoms with E-state index in [1.165, 1.54) is 0 Å². The maximum absolute atomic E-state index is 11.3. The molecule has 0 aliphatic heterocycles. The summed E-state index contributed by atoms with van der Waals surface area (Å²) in [5, 5.41) is 0.588. The van der Waals surface area contributed by atoms with E-state index in [9.17, 15) is 4.79 Å². The Hall–Kier alpha value is -1.22. The van der Waals surface area contributed by atoms with Gasteiger partial charge in [-0.1, -0.05) is 31.0 Å². The third-order valence-electron chi connectivity index (χ3n) is 2.26. The molecule has 0 spiro atoms. The molecule has 3 nitrogen and oxygen atoms in total. The predicted octanol–water partition coefficient (Wildman–Crippen LogP) is 3.37. The Morgan fingerprint density at radius 2 is 2.18 bits per heavy atom. The number of aryl methyl sites for hydroxylation is 1. The quantitative estimate of drug-likeness (QED) is 0.578. The molecule has 0 heterocycles. The van der Waals surface area contributed by atoms with Crippen molar-refractivity contribution in [2.24, 2.45) is 0 Å². The van der Waals surface area contributed by atoms with Crippen molar-refractivity contribution in [3.8, 4) is 5.75 Å². The number of ether oxygens (including phenoxy) is 2. The SMILES string of the molecule is CCCCOC(=O)COc1cc(Cl)ccc1C. The molecule has 0 radical (unpaired) electrons. The van der Waals surface area contributed by atoms with Gasteiger partial charge in [0.15, 0.2) is 6.61 Å². The predicted molar refractivity (Wildman–Crippen MR) is 67.6 cm³/mol. The lowest BCUT2D eigenvalue weighted by atomic mass is 10.2. The van der Waals surface area contributed by atoms with E-state index in [4.69, 9.17) is 21.1 Å². The molecule has 94 valence electrons. The first-order valence-electron chi connectivity index (χ1n) is 5.68. The van der Waals surface area contributed by atoms with Gasteiger partial charge in [-0.25, -0.2) is 4.79 Å². The number of unbranched alkanes of at least 4 members (excludes halogenated alkanes) is 1. The number of carbonyl (C=O) groups excluding carboxylic acids is 1. The van der Waals surface area contributed by atoms with Gasteiger partial charge in [0.1, 0.15) is 5.75 Å². The lowest BCUT2D eigenvalue weighted by Crippen LogP contribution is -2.15. The number of esters is 1. The average molecular weight is 257 g/mol. The first-order valence-corrected chi connectivity index (χ1v) is 6.06. The number of benzene rings is 1. The Kier molecular flexibility index (Phi) is 5.84. The van der Waals surface area contributed by atoms with Crippen molar-refractivity contribution in [3.05, 3.63) is 28.8 Å². The fourth-order valence-corrected chi connectivity index (χ4v) is 1.40. The van der Waals surface area contributed by atoms with Gasteiger partial charge in [0.05, 0.1) is 6.61 Å². The first kappa shape index (κ1) is 13.8. The highest BCUT2D eigenvalue weighted by atomic mass is 35.5. The Labute approximate surface area is 107 Å². The molecule has 0 bridgehead atoms. The van der Waals surface area contributed by atoms with Crippen LogP contribution in [0.1, 0.15) is 25.3 Å². The zero-order valence-electron chi connectivity index (χ0n) is 10.2. The van der Waals surface area contributed by atoms with Crippen molar-refractivity contribution in [2.45, 2.75) is 26.7 Å². The summed E-state index contributed by atoms with van der Waals surface area (Å²) in [5.74, 6) is 0.266. The first-order chi connectivity index (χ1) is 8.13. The van der Waals surface area contributed by atoms with E-state index in [2.05, 4.69) is 0 Å². The Bertz CT molecular complexity index is 377. The van der Waals surface area contributed by atoms with Crippen LogP contribution in [-0.2, 0) is 9.53 Å². The summed E-state index contributed by atoms with van der Waals surface area (Å²) in [7, 11) is 0. The smallest absolute Gasteiger partial charge is 0.344 e. The summed E-state index contributed by atoms with van der Waals surface area (Å²) in [6.45, 7) is 4.31. The molecule has 17 heavy (non-hydrogen) atoms. The van der Waals surface area contributed by atoms with Crippen molar-refractivity contribution in [1.82, 2.24) is 0 Å². The number of halogens is 1. The molecule has 0 amide bonds. The lowest BCUT2D eigenvalue weighted by molar-refractivity contribution is -0.146. The van der Waals surface area contributed by atoms with E-state index in [1.807, 2.05) is 19.9 Å². The minimum atomic E-state index is -0.349. The minimum absolute atomic E-state index is 0.0785. The Morgan fingerprint density at radius 3 is 2.88 bits per heavy atom. The van der Waals surface area contributed by atoms with Gasteiger partial charge in [-0.05, 0) is 31.0 Å². The lowest BCUT2D eigenvalue weighted by Gasteiger charge is -2.09. The van der Waals surface area contributed by atoms with Crippen molar-refractivity contribution < 1.29 is 14.3 Å². The van der Waals surface area contributed by atoms with Crippen LogP contribution < -0.4 is 4.74 Å². The largest absolute Gasteiger partial charge is 0.482 e. The van der Waals surface area contributed by atoms with Crippen LogP contribution in [0.3, 0.4) is 0 Å². The molecule has 0 saturated carbocycles. The topological polar surface area (TPSA) is 35.5 Å². The maximum Gasteiger partial charge on any atom is 0.344 e. The molecule has 1 aromatic rings. The van der Waals surface area contributed by atoms with Crippen molar-refractivity contribution >= 4 is 17.6 Å². The number of carbonyl (C=O) groups is 1. The van der Waals surface area contributed by atoms with E-state index < -0.39 is 0 Å². The van der Waals surface area contributed by atoms with Crippen molar-refractivity contribution in [2.75, 3.05) is 13.2 Å². The van der Waals surface area contributed by atoms with Gasteiger partial charge in [-0.3, -0.25) is 0 Å². The summed E-state index contributed by atoms with van der Waals surface area (Å²) >= 11 is 5.84. The van der Waals surface area contributed by atoms with Gasteiger partial charge in [0.2, 0.25) is 0 Å². The fourth-order valence-electron chi connectivity index (χ4n) is 1.24. The summed E-state index contributed by atoms with van der Waals surface area (Å²) in [6.07, 6.45) is 1.88. The van der Waals surface area contributed by atoms with Gasteiger partial charge in [0.25, 0.3) is 0 Å². The van der Waals surface area contributed by atoms with Gasteiger partial charge < -0.3 is 9.47 Å². The number of hydrogen-bond acceptors (Lipinski definition) is 3. The van der Waals surface area contributed by atoms with Gasteiger partial charge in [-0.15, -0.1) is 0 Å². The van der Waals surface area contributed by atoms with E-state index in [1.54, 1.807) is 12.1 Å². The summed E-state index contributed by atoms with van der Waals surface area (Å²) in [5.41, 5.74) is 0.941. The zero-order chi connectivity index (χ0) is 12.7. The van der Waals surface area contributed by atoms with Crippen LogP contribution in [0.4, 0.5) is 0 Å². The van der Waals surface area contributed by atoms with Crippen molar-refractivity contribution in [3.63, 3.8) is 0 Å². The van der Waals surface area contributed by atoms with Crippen LogP contribution in [0.25, 0.3) is 0 Å². The molecule has 0 atom stereocenters. The van der Waals surface area contributed by atoms with Crippen LogP contribution in [-0.4, -0.2) is 19.2 Å². The summed E-state index contributed by atoms with van der Waals surface area (Å²) < 4.78 is 10.3. The van der Waals surface area contributed by atoms with Crippen LogP contribution >= 0.6 is 11.6 Å². The molecule has 0 aliphatic rings. The third kappa shape index (κ3) is 5.09. The molecule has 0 aromatic heterocycles. The molecule has 0 saturated heterocycles. The van der Waals surface area contributed by atoms with E-state index in [0.29, 0.717) is 17.4 Å². The monoisotopic (exact) mass is 256 g/mol. The molecule has 0 N–H and O–H groups in total. The normalized spacial score (nSPS) is 10.1. The molecule has 1 rings (SSSR count). The van der Waals surface area contributed by atoms with E-state index >= 15 is 0 Å². The zero-order valence-corrected chi connectivity index (χ0v) is 10.9. The standard InChI is InChI=1S/C13H17ClO3/c1-3-4-7-16-13(15)9-17-12-8-11(14)6-5-10(12)2/h5-6,8H,3-4,7,9H2,1-2H3. The average Bonchev–Trinajstić information content (AvgIpc) is 2.31. The molecule has 0 aliphatic carbocycles. The summed E-state index contributed by atoms with van der Waals surface area (Å²) in [4.78, 5) is 11.3. The van der Waals surface area contributed by atoms with Crippen LogP contribution in [0, 0.1) is 6.92 Å². The van der Waals surface area contributed by atoms with Gasteiger partial charge >= 0.3 is 5.97 Å².